The van der Waals surface area contributed by atoms with Gasteiger partial charge in [0, 0.05) is 38.4 Å². The number of halogens is 3. The topological polar surface area (TPSA) is 38.7 Å². The average Bonchev–Trinajstić information content (AvgIpc) is 2.49. The molecule has 1 aliphatic heterocycles. The molecule has 4 nitrogen and oxygen atoms in total. The Morgan fingerprint density at radius 2 is 1.73 bits per heavy atom. The summed E-state index contributed by atoms with van der Waals surface area (Å²) >= 11 is 0. The van der Waals surface area contributed by atoms with Crippen LogP contribution in [-0.2, 0) is 6.18 Å². The number of hydrazine groups is 1. The first kappa shape index (κ1) is 17.1. The van der Waals surface area contributed by atoms with Crippen LogP contribution in [0.1, 0.15) is 18.9 Å². The number of nitrogens with one attached hydrogen (secondary N) is 1. The van der Waals surface area contributed by atoms with Crippen LogP contribution in [0, 0.1) is 0 Å². The number of anilines is 1. The first-order chi connectivity index (χ1) is 10.4. The smallest absolute Gasteiger partial charge is 0.392 e. The number of hydrogen-bond donors (Lipinski definition) is 2. The number of alkyl halides is 3. The molecule has 1 aromatic carbocycles. The molecule has 1 atom stereocenters. The van der Waals surface area contributed by atoms with Crippen molar-refractivity contribution in [2.75, 3.05) is 38.1 Å². The third kappa shape index (κ3) is 4.86. The zero-order valence-corrected chi connectivity index (χ0v) is 12.6. The highest BCUT2D eigenvalue weighted by Crippen LogP contribution is 2.29. The van der Waals surface area contributed by atoms with Crippen molar-refractivity contribution >= 4 is 5.69 Å². The molecule has 1 aromatic rings. The molecule has 0 spiro atoms. The standard InChI is InChI=1S/C15H22F3N3O/c1-2-14(22)11-20-7-9-21(10-8-20)19-13-5-3-12(4-6-13)15(16,17)18/h3-6,14,19,22H,2,7-11H2,1H3. The summed E-state index contributed by atoms with van der Waals surface area (Å²) in [5.74, 6) is 0. The summed E-state index contributed by atoms with van der Waals surface area (Å²) in [7, 11) is 0. The highest BCUT2D eigenvalue weighted by atomic mass is 19.4. The summed E-state index contributed by atoms with van der Waals surface area (Å²) in [5.41, 5.74) is 3.13. The average molecular weight is 317 g/mol. The van der Waals surface area contributed by atoms with E-state index < -0.39 is 11.7 Å². The van der Waals surface area contributed by atoms with Crippen molar-refractivity contribution in [2.45, 2.75) is 25.6 Å². The number of aliphatic hydroxyl groups is 1. The fourth-order valence-electron chi connectivity index (χ4n) is 2.39. The van der Waals surface area contributed by atoms with E-state index in [1.807, 2.05) is 11.9 Å². The van der Waals surface area contributed by atoms with Gasteiger partial charge in [-0.15, -0.1) is 0 Å². The molecule has 2 rings (SSSR count). The second-order valence-corrected chi connectivity index (χ2v) is 5.54. The molecular formula is C15H22F3N3O. The zero-order valence-electron chi connectivity index (χ0n) is 12.6. The molecule has 0 radical (unpaired) electrons. The normalized spacial score (nSPS) is 19.1. The Kier molecular flexibility index (Phi) is 5.66. The van der Waals surface area contributed by atoms with Crippen LogP contribution >= 0.6 is 0 Å². The second-order valence-electron chi connectivity index (χ2n) is 5.54. The Balaban J connectivity index is 1.81. The van der Waals surface area contributed by atoms with Crippen LogP contribution in [0.3, 0.4) is 0 Å². The van der Waals surface area contributed by atoms with Crippen molar-refractivity contribution in [1.29, 1.82) is 0 Å². The summed E-state index contributed by atoms with van der Waals surface area (Å²) in [4.78, 5) is 2.19. The molecule has 1 saturated heterocycles. The maximum atomic E-state index is 12.5. The lowest BCUT2D eigenvalue weighted by Gasteiger charge is -2.36. The monoisotopic (exact) mass is 317 g/mol. The van der Waals surface area contributed by atoms with Crippen molar-refractivity contribution in [2.24, 2.45) is 0 Å². The number of β-amino-alcohol motifs (C(OH)–C–C–N with tert-alkyl or cyclic N) is 1. The Labute approximate surface area is 128 Å². The Morgan fingerprint density at radius 3 is 2.23 bits per heavy atom. The van der Waals surface area contributed by atoms with Gasteiger partial charge in [-0.05, 0) is 30.7 Å². The van der Waals surface area contributed by atoms with Gasteiger partial charge in [0.05, 0.1) is 11.7 Å². The Bertz CT molecular complexity index is 456. The van der Waals surface area contributed by atoms with Crippen LogP contribution < -0.4 is 5.43 Å². The third-order valence-corrected chi connectivity index (χ3v) is 3.81. The maximum Gasteiger partial charge on any atom is 0.416 e. The van der Waals surface area contributed by atoms with Crippen LogP contribution in [-0.4, -0.2) is 53.8 Å². The molecule has 1 heterocycles. The first-order valence-electron chi connectivity index (χ1n) is 7.47. The van der Waals surface area contributed by atoms with Crippen LogP contribution in [0.2, 0.25) is 0 Å². The van der Waals surface area contributed by atoms with Crippen LogP contribution in [0.15, 0.2) is 24.3 Å². The molecule has 7 heteroatoms. The Hall–Kier alpha value is -1.31. The molecule has 0 aromatic heterocycles. The van der Waals surface area contributed by atoms with Gasteiger partial charge in [0.25, 0.3) is 0 Å². The lowest BCUT2D eigenvalue weighted by Crippen LogP contribution is -2.50. The molecule has 0 amide bonds. The summed E-state index contributed by atoms with van der Waals surface area (Å²) in [6.45, 7) is 5.79. The molecule has 0 aliphatic carbocycles. The lowest BCUT2D eigenvalue weighted by molar-refractivity contribution is -0.137. The third-order valence-electron chi connectivity index (χ3n) is 3.81. The van der Waals surface area contributed by atoms with Gasteiger partial charge in [-0.1, -0.05) is 6.92 Å². The molecule has 0 saturated carbocycles. The number of hydrogen-bond acceptors (Lipinski definition) is 4. The van der Waals surface area contributed by atoms with Gasteiger partial charge in [0.1, 0.15) is 0 Å². The van der Waals surface area contributed by atoms with E-state index in [1.54, 1.807) is 0 Å². The predicted molar refractivity (Wildman–Crippen MR) is 79.4 cm³/mol. The number of nitrogens with zero attached hydrogens (tertiary/aromatic N) is 2. The van der Waals surface area contributed by atoms with Gasteiger partial charge in [-0.3, -0.25) is 4.90 Å². The Morgan fingerprint density at radius 1 is 1.14 bits per heavy atom. The highest BCUT2D eigenvalue weighted by Gasteiger charge is 2.30. The van der Waals surface area contributed by atoms with E-state index in [-0.39, 0.29) is 6.10 Å². The quantitative estimate of drug-likeness (QED) is 0.875. The molecule has 124 valence electrons. The maximum absolute atomic E-state index is 12.5. The fraction of sp³-hybridized carbons (Fsp3) is 0.600. The van der Waals surface area contributed by atoms with E-state index in [9.17, 15) is 18.3 Å². The van der Waals surface area contributed by atoms with E-state index >= 15 is 0 Å². The summed E-state index contributed by atoms with van der Waals surface area (Å²) < 4.78 is 37.5. The minimum Gasteiger partial charge on any atom is -0.392 e. The molecule has 22 heavy (non-hydrogen) atoms. The van der Waals surface area contributed by atoms with Crippen molar-refractivity contribution in [3.05, 3.63) is 29.8 Å². The number of rotatable bonds is 5. The minimum absolute atomic E-state index is 0.297. The first-order valence-corrected chi connectivity index (χ1v) is 7.47. The second kappa shape index (κ2) is 7.30. The van der Waals surface area contributed by atoms with Gasteiger partial charge in [0.15, 0.2) is 0 Å². The van der Waals surface area contributed by atoms with Crippen molar-refractivity contribution in [1.82, 2.24) is 9.91 Å². The van der Waals surface area contributed by atoms with Crippen molar-refractivity contribution < 1.29 is 18.3 Å². The van der Waals surface area contributed by atoms with Gasteiger partial charge in [0.2, 0.25) is 0 Å². The van der Waals surface area contributed by atoms with Crippen LogP contribution in [0.4, 0.5) is 18.9 Å². The van der Waals surface area contributed by atoms with Crippen LogP contribution in [0.5, 0.6) is 0 Å². The van der Waals surface area contributed by atoms with Crippen molar-refractivity contribution in [3.63, 3.8) is 0 Å². The number of benzene rings is 1. The summed E-state index contributed by atoms with van der Waals surface area (Å²) in [6.07, 6.45) is -3.86. The molecular weight excluding hydrogens is 295 g/mol. The molecule has 2 N–H and O–H groups in total. The van der Waals surface area contributed by atoms with Crippen molar-refractivity contribution in [3.8, 4) is 0 Å². The fourth-order valence-corrected chi connectivity index (χ4v) is 2.39. The van der Waals surface area contributed by atoms with Gasteiger partial charge < -0.3 is 10.5 Å². The molecule has 0 bridgehead atoms. The SMILES string of the molecule is CCC(O)CN1CCN(Nc2ccc(C(F)(F)F)cc2)CC1. The van der Waals surface area contributed by atoms with Gasteiger partial charge in [-0.2, -0.15) is 13.2 Å². The molecule has 1 unspecified atom stereocenters. The van der Waals surface area contributed by atoms with E-state index in [2.05, 4.69) is 10.3 Å². The van der Waals surface area contributed by atoms with E-state index in [0.717, 1.165) is 44.7 Å². The van der Waals surface area contributed by atoms with E-state index in [1.165, 1.54) is 12.1 Å². The highest BCUT2D eigenvalue weighted by molar-refractivity contribution is 5.44. The van der Waals surface area contributed by atoms with Gasteiger partial charge in [-0.25, -0.2) is 5.01 Å². The largest absolute Gasteiger partial charge is 0.416 e. The van der Waals surface area contributed by atoms with E-state index in [4.69, 9.17) is 0 Å². The van der Waals surface area contributed by atoms with E-state index in [0.29, 0.717) is 12.2 Å². The number of piperazine rings is 1. The summed E-state index contributed by atoms with van der Waals surface area (Å²) in [5, 5.41) is 11.6. The predicted octanol–water partition coefficient (Wildman–Crippen LogP) is 2.42. The van der Waals surface area contributed by atoms with Gasteiger partial charge >= 0.3 is 6.18 Å². The summed E-state index contributed by atoms with van der Waals surface area (Å²) in [6, 6.07) is 5.04. The van der Waals surface area contributed by atoms with Crippen LogP contribution in [0.25, 0.3) is 0 Å². The minimum atomic E-state index is -4.30. The molecule has 1 aliphatic rings. The lowest BCUT2D eigenvalue weighted by atomic mass is 10.2. The molecule has 1 fully saturated rings. The number of aliphatic hydroxyl groups excluding tert-OH is 1. The zero-order chi connectivity index (χ0) is 16.2.